The molecule has 3 fully saturated rings. The van der Waals surface area contributed by atoms with Crippen LogP contribution in [0.2, 0.25) is 0 Å². The Morgan fingerprint density at radius 3 is 2.38 bits per heavy atom. The van der Waals surface area contributed by atoms with Crippen LogP contribution in [0.1, 0.15) is 40.4 Å². The van der Waals surface area contributed by atoms with Crippen molar-refractivity contribution < 1.29 is 24.2 Å². The number of benzene rings is 2. The molecule has 2 aliphatic carbocycles. The molecule has 2 aliphatic heterocycles. The van der Waals surface area contributed by atoms with Gasteiger partial charge in [0.2, 0.25) is 0 Å². The van der Waals surface area contributed by atoms with Crippen LogP contribution in [0.3, 0.4) is 0 Å². The number of hydrogen-bond donors (Lipinski definition) is 3. The van der Waals surface area contributed by atoms with Crippen molar-refractivity contribution in [2.75, 3.05) is 18.5 Å². The molecule has 3 N–H and O–H groups in total. The minimum Gasteiger partial charge on any atom is -0.479 e. The summed E-state index contributed by atoms with van der Waals surface area (Å²) in [7, 11) is 0. The van der Waals surface area contributed by atoms with Crippen LogP contribution in [-0.2, 0) is 9.53 Å². The highest BCUT2D eigenvalue weighted by molar-refractivity contribution is 5.99. The summed E-state index contributed by atoms with van der Waals surface area (Å²) in [4.78, 5) is 38.4. The van der Waals surface area contributed by atoms with E-state index in [-0.39, 0.29) is 30.0 Å². The van der Waals surface area contributed by atoms with Crippen LogP contribution < -0.4 is 5.32 Å². The van der Waals surface area contributed by atoms with Gasteiger partial charge in [-0.2, -0.15) is 5.10 Å². The van der Waals surface area contributed by atoms with Crippen molar-refractivity contribution in [3.8, 4) is 11.1 Å². The lowest BCUT2D eigenvalue weighted by Gasteiger charge is -2.37. The molecule has 0 unspecified atom stereocenters. The number of aliphatic carboxylic acids is 1. The third-order valence-corrected chi connectivity index (χ3v) is 7.24. The van der Waals surface area contributed by atoms with E-state index in [9.17, 15) is 19.5 Å². The van der Waals surface area contributed by atoms with E-state index in [0.29, 0.717) is 19.4 Å². The van der Waals surface area contributed by atoms with E-state index >= 15 is 0 Å². The summed E-state index contributed by atoms with van der Waals surface area (Å²) in [5.74, 6) is -1.12. The first-order chi connectivity index (χ1) is 16.5. The van der Waals surface area contributed by atoms with Gasteiger partial charge in [0, 0.05) is 18.5 Å². The standard InChI is InChI=1S/C25H22N4O5/c30-22(29-12-14-10-25(29,11-14)23(31)32)20-9-21(28-27-20)26-24(33)34-13-19-17-7-3-1-5-15(17)16-6-2-4-8-18(16)19/h1-9,14,19H,10-13H2,(H,31,32)(H2,26,27,28,33). The molecule has 2 saturated heterocycles. The molecule has 2 aromatic carbocycles. The van der Waals surface area contributed by atoms with Gasteiger partial charge in [-0.15, -0.1) is 0 Å². The molecule has 9 nitrogen and oxygen atoms in total. The number of carboxylic acids is 1. The second kappa shape index (κ2) is 7.44. The quantitative estimate of drug-likeness (QED) is 0.538. The second-order valence-corrected chi connectivity index (χ2v) is 9.14. The van der Waals surface area contributed by atoms with Crippen molar-refractivity contribution >= 4 is 23.8 Å². The van der Waals surface area contributed by atoms with Crippen molar-refractivity contribution in [1.29, 1.82) is 0 Å². The van der Waals surface area contributed by atoms with Crippen LogP contribution in [-0.4, -0.2) is 56.9 Å². The van der Waals surface area contributed by atoms with Gasteiger partial charge in [-0.25, -0.2) is 9.59 Å². The summed E-state index contributed by atoms with van der Waals surface area (Å²) in [6.45, 7) is 0.575. The van der Waals surface area contributed by atoms with E-state index in [1.54, 1.807) is 0 Å². The summed E-state index contributed by atoms with van der Waals surface area (Å²) in [6, 6.07) is 17.5. The summed E-state index contributed by atoms with van der Waals surface area (Å²) >= 11 is 0. The van der Waals surface area contributed by atoms with E-state index in [0.717, 1.165) is 22.3 Å². The van der Waals surface area contributed by atoms with E-state index < -0.39 is 23.5 Å². The number of anilines is 1. The Kier molecular flexibility index (Phi) is 4.48. The molecule has 7 rings (SSSR count). The third kappa shape index (κ3) is 3.00. The highest BCUT2D eigenvalue weighted by Crippen LogP contribution is 2.51. The van der Waals surface area contributed by atoms with Crippen LogP contribution in [0.5, 0.6) is 0 Å². The lowest BCUT2D eigenvalue weighted by molar-refractivity contribution is -0.151. The maximum atomic E-state index is 12.9. The molecule has 2 amide bonds. The van der Waals surface area contributed by atoms with Crippen LogP contribution >= 0.6 is 0 Å². The van der Waals surface area contributed by atoms with Crippen molar-refractivity contribution in [1.82, 2.24) is 15.1 Å². The first-order valence-electron chi connectivity index (χ1n) is 11.2. The Hall–Kier alpha value is -4.14. The molecule has 0 radical (unpaired) electrons. The number of aromatic amines is 1. The van der Waals surface area contributed by atoms with E-state index in [1.165, 1.54) is 11.0 Å². The maximum Gasteiger partial charge on any atom is 0.412 e. The zero-order valence-corrected chi connectivity index (χ0v) is 18.2. The highest BCUT2D eigenvalue weighted by Gasteiger charge is 2.63. The summed E-state index contributed by atoms with van der Waals surface area (Å²) in [6.07, 6.45) is 0.276. The Bertz CT molecular complexity index is 1280. The largest absolute Gasteiger partial charge is 0.479 e. The summed E-state index contributed by atoms with van der Waals surface area (Å²) < 4.78 is 5.51. The van der Waals surface area contributed by atoms with Gasteiger partial charge in [0.1, 0.15) is 17.8 Å². The number of carbonyl (C=O) groups is 3. The summed E-state index contributed by atoms with van der Waals surface area (Å²) in [5.41, 5.74) is 3.51. The number of carboxylic acid groups (broad SMARTS) is 1. The van der Waals surface area contributed by atoms with Gasteiger partial charge < -0.3 is 14.7 Å². The van der Waals surface area contributed by atoms with Crippen molar-refractivity contribution in [2.24, 2.45) is 5.92 Å². The average Bonchev–Trinajstić information content (AvgIpc) is 3.57. The number of carbonyl (C=O) groups excluding carboxylic acids is 2. The monoisotopic (exact) mass is 458 g/mol. The van der Waals surface area contributed by atoms with Gasteiger partial charge in [-0.05, 0) is 41.0 Å². The highest BCUT2D eigenvalue weighted by atomic mass is 16.5. The first kappa shape index (κ1) is 20.5. The molecule has 172 valence electrons. The van der Waals surface area contributed by atoms with E-state index in [4.69, 9.17) is 4.74 Å². The fourth-order valence-electron chi connectivity index (χ4n) is 5.62. The molecular formula is C25H22N4O5. The molecule has 9 heteroatoms. The minimum atomic E-state index is -1.12. The normalized spacial score (nSPS) is 22.0. The number of nitrogens with one attached hydrogen (secondary N) is 2. The Labute approximate surface area is 194 Å². The van der Waals surface area contributed by atoms with Gasteiger partial charge >= 0.3 is 12.1 Å². The van der Waals surface area contributed by atoms with E-state index in [1.807, 2.05) is 36.4 Å². The smallest absolute Gasteiger partial charge is 0.412 e. The lowest BCUT2D eigenvalue weighted by atomic mass is 9.73. The van der Waals surface area contributed by atoms with Crippen LogP contribution in [0, 0.1) is 5.92 Å². The molecule has 1 saturated carbocycles. The van der Waals surface area contributed by atoms with Crippen molar-refractivity contribution in [3.63, 3.8) is 0 Å². The molecule has 2 bridgehead atoms. The minimum absolute atomic E-state index is 0.0664. The lowest BCUT2D eigenvalue weighted by Crippen LogP contribution is -2.54. The van der Waals surface area contributed by atoms with Crippen molar-refractivity contribution in [3.05, 3.63) is 71.4 Å². The second-order valence-electron chi connectivity index (χ2n) is 9.14. The molecule has 3 heterocycles. The number of rotatable bonds is 5. The molecule has 1 aromatic heterocycles. The molecule has 4 aliphatic rings. The topological polar surface area (TPSA) is 125 Å². The van der Waals surface area contributed by atoms with Crippen LogP contribution in [0.4, 0.5) is 10.6 Å². The van der Waals surface area contributed by atoms with E-state index in [2.05, 4.69) is 27.6 Å². The van der Waals surface area contributed by atoms with Gasteiger partial charge in [0.25, 0.3) is 5.91 Å². The van der Waals surface area contributed by atoms with Gasteiger partial charge in [-0.3, -0.25) is 15.2 Å². The number of ether oxygens (including phenoxy) is 1. The number of aromatic nitrogens is 2. The van der Waals surface area contributed by atoms with Gasteiger partial charge in [0.05, 0.1) is 0 Å². The molecule has 3 aromatic rings. The van der Waals surface area contributed by atoms with Crippen molar-refractivity contribution in [2.45, 2.75) is 24.3 Å². The fourth-order valence-corrected chi connectivity index (χ4v) is 5.62. The van der Waals surface area contributed by atoms with Gasteiger partial charge in [-0.1, -0.05) is 48.5 Å². The Morgan fingerprint density at radius 2 is 1.74 bits per heavy atom. The Balaban J connectivity index is 1.11. The Morgan fingerprint density at radius 1 is 1.09 bits per heavy atom. The zero-order chi connectivity index (χ0) is 23.4. The summed E-state index contributed by atoms with van der Waals surface area (Å²) in [5, 5.41) is 18.7. The average molecular weight is 458 g/mol. The zero-order valence-electron chi connectivity index (χ0n) is 18.2. The molecule has 0 atom stereocenters. The number of nitrogens with zero attached hydrogens (tertiary/aromatic N) is 2. The number of amides is 2. The number of fused-ring (bicyclic) bond motifs is 4. The van der Waals surface area contributed by atoms with Crippen LogP contribution in [0.25, 0.3) is 11.1 Å². The number of H-pyrrole nitrogens is 1. The maximum absolute atomic E-state index is 12.9. The molecular weight excluding hydrogens is 436 g/mol. The third-order valence-electron chi connectivity index (χ3n) is 7.24. The first-order valence-corrected chi connectivity index (χ1v) is 11.2. The predicted octanol–water partition coefficient (Wildman–Crippen LogP) is 3.46. The number of hydrogen-bond acceptors (Lipinski definition) is 5. The predicted molar refractivity (Wildman–Crippen MR) is 121 cm³/mol. The van der Waals surface area contributed by atoms with Gasteiger partial charge in [0.15, 0.2) is 5.82 Å². The SMILES string of the molecule is O=C(Nc1cc(C(=O)N2CC3CC2(C(=O)O)C3)[nH]n1)OCC1c2ccccc2-c2ccccc21. The molecule has 34 heavy (non-hydrogen) atoms. The van der Waals surface area contributed by atoms with Crippen LogP contribution in [0.15, 0.2) is 54.6 Å². The molecule has 0 spiro atoms. The fraction of sp³-hybridized carbons (Fsp3) is 0.280.